The zero-order chi connectivity index (χ0) is 18.4. The van der Waals surface area contributed by atoms with Crippen molar-refractivity contribution in [2.45, 2.75) is 44.6 Å². The quantitative estimate of drug-likeness (QED) is 0.749. The van der Waals surface area contributed by atoms with Gasteiger partial charge in [-0.05, 0) is 54.7 Å². The lowest BCUT2D eigenvalue weighted by Crippen LogP contribution is -2.46. The number of hydrogen-bond donors (Lipinski definition) is 2. The Labute approximate surface area is 155 Å². The molecule has 0 aromatic heterocycles. The normalized spacial score (nSPS) is 18.8. The van der Waals surface area contributed by atoms with E-state index in [-0.39, 0.29) is 12.5 Å². The fourth-order valence-corrected chi connectivity index (χ4v) is 3.32. The van der Waals surface area contributed by atoms with E-state index in [1.165, 1.54) is 11.1 Å². The van der Waals surface area contributed by atoms with Crippen LogP contribution in [0.15, 0.2) is 48.5 Å². The highest BCUT2D eigenvalue weighted by Gasteiger charge is 2.32. The molecule has 0 heterocycles. The van der Waals surface area contributed by atoms with Gasteiger partial charge in [0.25, 0.3) is 5.91 Å². The number of amides is 1. The van der Waals surface area contributed by atoms with Gasteiger partial charge in [-0.3, -0.25) is 4.79 Å². The van der Waals surface area contributed by atoms with Gasteiger partial charge >= 0.3 is 0 Å². The van der Waals surface area contributed by atoms with E-state index in [1.807, 2.05) is 24.3 Å². The van der Waals surface area contributed by atoms with Crippen molar-refractivity contribution in [3.63, 3.8) is 0 Å². The summed E-state index contributed by atoms with van der Waals surface area (Å²) in [6.45, 7) is 3.07. The van der Waals surface area contributed by atoms with Crippen molar-refractivity contribution in [2.75, 3.05) is 13.2 Å². The van der Waals surface area contributed by atoms with Crippen LogP contribution in [0, 0.1) is 0 Å². The maximum atomic E-state index is 12.4. The molecule has 1 aliphatic rings. The van der Waals surface area contributed by atoms with E-state index in [2.05, 4.69) is 24.4 Å². The summed E-state index contributed by atoms with van der Waals surface area (Å²) in [6.07, 6.45) is 4.19. The van der Waals surface area contributed by atoms with Gasteiger partial charge in [0.05, 0.1) is 12.2 Å². The van der Waals surface area contributed by atoms with Gasteiger partial charge in [-0.2, -0.15) is 0 Å². The molecular formula is C22H27NO3. The number of aliphatic hydroxyl groups is 1. The molecule has 2 aromatic rings. The molecule has 2 aromatic carbocycles. The summed E-state index contributed by atoms with van der Waals surface area (Å²) in [5.74, 6) is 0.606. The monoisotopic (exact) mass is 353 g/mol. The average Bonchev–Trinajstić information content (AvgIpc) is 2.67. The van der Waals surface area contributed by atoms with Crippen LogP contribution in [-0.4, -0.2) is 29.8 Å². The number of carbonyl (C=O) groups excluding carboxylic acids is 1. The molecule has 1 unspecified atom stereocenters. The Balaban J connectivity index is 1.54. The highest BCUT2D eigenvalue weighted by atomic mass is 16.5. The number of unbranched alkanes of at least 4 members (excludes halogenated alkanes) is 1. The highest BCUT2D eigenvalue weighted by molar-refractivity contribution is 5.94. The predicted molar refractivity (Wildman–Crippen MR) is 103 cm³/mol. The SMILES string of the molecule is CCCCOc1ccc(C(=O)NCC2(O)CCc3ccccc3C2)cc1. The lowest BCUT2D eigenvalue weighted by atomic mass is 9.80. The summed E-state index contributed by atoms with van der Waals surface area (Å²) in [6, 6.07) is 15.3. The van der Waals surface area contributed by atoms with Gasteiger partial charge in [-0.1, -0.05) is 37.6 Å². The number of ether oxygens (including phenoxy) is 1. The molecule has 26 heavy (non-hydrogen) atoms. The molecule has 0 saturated carbocycles. The van der Waals surface area contributed by atoms with Gasteiger partial charge in [-0.15, -0.1) is 0 Å². The zero-order valence-corrected chi connectivity index (χ0v) is 15.3. The van der Waals surface area contributed by atoms with E-state index in [0.29, 0.717) is 25.0 Å². The predicted octanol–water partition coefficient (Wildman–Crippen LogP) is 3.52. The van der Waals surface area contributed by atoms with Crippen LogP contribution in [-0.2, 0) is 12.8 Å². The van der Waals surface area contributed by atoms with E-state index in [9.17, 15) is 9.90 Å². The average molecular weight is 353 g/mol. The molecular weight excluding hydrogens is 326 g/mol. The third-order valence-corrected chi connectivity index (χ3v) is 4.96. The van der Waals surface area contributed by atoms with Crippen LogP contribution in [0.2, 0.25) is 0 Å². The first-order valence-corrected chi connectivity index (χ1v) is 9.40. The van der Waals surface area contributed by atoms with Crippen molar-refractivity contribution >= 4 is 5.91 Å². The van der Waals surface area contributed by atoms with Crippen LogP contribution < -0.4 is 10.1 Å². The van der Waals surface area contributed by atoms with Gasteiger partial charge < -0.3 is 15.2 Å². The molecule has 1 amide bonds. The fourth-order valence-electron chi connectivity index (χ4n) is 3.32. The lowest BCUT2D eigenvalue weighted by molar-refractivity contribution is 0.0260. The zero-order valence-electron chi connectivity index (χ0n) is 15.3. The molecule has 0 fully saturated rings. The minimum atomic E-state index is -0.882. The summed E-state index contributed by atoms with van der Waals surface area (Å²) >= 11 is 0. The standard InChI is InChI=1S/C22H27NO3/c1-2-3-14-26-20-10-8-18(9-11-20)21(24)23-16-22(25)13-12-17-6-4-5-7-19(17)15-22/h4-11,25H,2-3,12-16H2,1H3,(H,23,24). The lowest BCUT2D eigenvalue weighted by Gasteiger charge is -2.33. The van der Waals surface area contributed by atoms with Crippen LogP contribution in [0.1, 0.15) is 47.7 Å². The molecule has 1 atom stereocenters. The van der Waals surface area contributed by atoms with Crippen LogP contribution in [0.25, 0.3) is 0 Å². The Bertz CT molecular complexity index is 741. The molecule has 3 rings (SSSR count). The van der Waals surface area contributed by atoms with Crippen LogP contribution >= 0.6 is 0 Å². The van der Waals surface area contributed by atoms with Gasteiger partial charge in [-0.25, -0.2) is 0 Å². The molecule has 2 N–H and O–H groups in total. The summed E-state index contributed by atoms with van der Waals surface area (Å²) in [5, 5.41) is 13.7. The van der Waals surface area contributed by atoms with Crippen molar-refractivity contribution in [1.29, 1.82) is 0 Å². The number of nitrogens with one attached hydrogen (secondary N) is 1. The second kappa shape index (κ2) is 8.37. The maximum Gasteiger partial charge on any atom is 0.251 e. The number of rotatable bonds is 7. The third kappa shape index (κ3) is 4.64. The van der Waals surface area contributed by atoms with Crippen molar-refractivity contribution in [2.24, 2.45) is 0 Å². The Morgan fingerprint density at radius 2 is 1.88 bits per heavy atom. The summed E-state index contributed by atoms with van der Waals surface area (Å²) in [4.78, 5) is 12.4. The first-order valence-electron chi connectivity index (χ1n) is 9.40. The summed E-state index contributed by atoms with van der Waals surface area (Å²) in [5.41, 5.74) is 2.16. The minimum Gasteiger partial charge on any atom is -0.494 e. The Kier molecular flexibility index (Phi) is 5.94. The van der Waals surface area contributed by atoms with Crippen molar-refractivity contribution in [3.8, 4) is 5.75 Å². The van der Waals surface area contributed by atoms with Crippen molar-refractivity contribution in [1.82, 2.24) is 5.32 Å². The number of carbonyl (C=O) groups is 1. The molecule has 0 spiro atoms. The molecule has 0 radical (unpaired) electrons. The first kappa shape index (κ1) is 18.5. The Morgan fingerprint density at radius 3 is 2.62 bits per heavy atom. The highest BCUT2D eigenvalue weighted by Crippen LogP contribution is 2.28. The van der Waals surface area contributed by atoms with E-state index in [0.717, 1.165) is 25.0 Å². The van der Waals surface area contributed by atoms with Crippen LogP contribution in [0.4, 0.5) is 0 Å². The molecule has 0 saturated heterocycles. The third-order valence-electron chi connectivity index (χ3n) is 4.96. The molecule has 0 aliphatic heterocycles. The first-order chi connectivity index (χ1) is 12.6. The number of benzene rings is 2. The molecule has 4 heteroatoms. The molecule has 0 bridgehead atoms. The van der Waals surface area contributed by atoms with E-state index in [4.69, 9.17) is 4.74 Å². The van der Waals surface area contributed by atoms with E-state index >= 15 is 0 Å². The van der Waals surface area contributed by atoms with E-state index < -0.39 is 5.60 Å². The maximum absolute atomic E-state index is 12.4. The number of aryl methyl sites for hydroxylation is 1. The van der Waals surface area contributed by atoms with Gasteiger partial charge in [0, 0.05) is 18.5 Å². The smallest absolute Gasteiger partial charge is 0.251 e. The minimum absolute atomic E-state index is 0.169. The molecule has 138 valence electrons. The second-order valence-electron chi connectivity index (χ2n) is 7.08. The number of hydrogen-bond acceptors (Lipinski definition) is 3. The topological polar surface area (TPSA) is 58.6 Å². The van der Waals surface area contributed by atoms with Crippen molar-refractivity contribution < 1.29 is 14.6 Å². The largest absolute Gasteiger partial charge is 0.494 e. The van der Waals surface area contributed by atoms with Crippen molar-refractivity contribution in [3.05, 3.63) is 65.2 Å². The van der Waals surface area contributed by atoms with Gasteiger partial charge in [0.15, 0.2) is 0 Å². The van der Waals surface area contributed by atoms with Gasteiger partial charge in [0.2, 0.25) is 0 Å². The second-order valence-corrected chi connectivity index (χ2v) is 7.08. The van der Waals surface area contributed by atoms with Crippen LogP contribution in [0.3, 0.4) is 0 Å². The fraction of sp³-hybridized carbons (Fsp3) is 0.409. The summed E-state index contributed by atoms with van der Waals surface area (Å²) in [7, 11) is 0. The summed E-state index contributed by atoms with van der Waals surface area (Å²) < 4.78 is 5.61. The van der Waals surface area contributed by atoms with Gasteiger partial charge in [0.1, 0.15) is 5.75 Å². The molecule has 4 nitrogen and oxygen atoms in total. The Morgan fingerprint density at radius 1 is 1.15 bits per heavy atom. The van der Waals surface area contributed by atoms with Crippen LogP contribution in [0.5, 0.6) is 5.75 Å². The molecule has 1 aliphatic carbocycles. The number of fused-ring (bicyclic) bond motifs is 1. The van der Waals surface area contributed by atoms with E-state index in [1.54, 1.807) is 12.1 Å². The Hall–Kier alpha value is -2.33.